The summed E-state index contributed by atoms with van der Waals surface area (Å²) in [6, 6.07) is 5.95. The van der Waals surface area contributed by atoms with Crippen molar-refractivity contribution >= 4 is 21.6 Å². The average Bonchev–Trinajstić information content (AvgIpc) is 2.62. The van der Waals surface area contributed by atoms with Crippen molar-refractivity contribution in [3.8, 4) is 0 Å². The van der Waals surface area contributed by atoms with Gasteiger partial charge in [0, 0.05) is 31.7 Å². The number of halogens is 1. The minimum atomic E-state index is -0.332. The third-order valence-electron chi connectivity index (χ3n) is 4.09. The molecule has 116 valence electrons. The fraction of sp³-hybridized carbons (Fsp3) is 0.600. The van der Waals surface area contributed by atoms with Gasteiger partial charge in [-0.3, -0.25) is 15.0 Å². The number of hydrogen-bond donors (Lipinski definition) is 0. The zero-order valence-electron chi connectivity index (χ0n) is 12.6. The molecule has 0 radical (unpaired) electrons. The first kappa shape index (κ1) is 16.4. The van der Waals surface area contributed by atoms with E-state index in [0.717, 1.165) is 44.6 Å². The molecule has 0 aliphatic carbocycles. The topological polar surface area (TPSA) is 49.6 Å². The fourth-order valence-electron chi connectivity index (χ4n) is 2.92. The highest BCUT2D eigenvalue weighted by Gasteiger charge is 2.22. The van der Waals surface area contributed by atoms with Gasteiger partial charge in [-0.25, -0.2) is 0 Å². The summed E-state index contributed by atoms with van der Waals surface area (Å²) in [5.74, 6) is 0. The molecule has 0 amide bonds. The van der Waals surface area contributed by atoms with E-state index in [-0.39, 0.29) is 10.6 Å². The number of nitrogens with zero attached hydrogens (tertiary/aromatic N) is 3. The third-order valence-corrected chi connectivity index (χ3v) is 4.76. The van der Waals surface area contributed by atoms with Crippen LogP contribution in [0.25, 0.3) is 0 Å². The van der Waals surface area contributed by atoms with Gasteiger partial charge in [-0.05, 0) is 54.0 Å². The van der Waals surface area contributed by atoms with Crippen molar-refractivity contribution in [3.63, 3.8) is 0 Å². The number of likely N-dealkylation sites (N-methyl/N-ethyl adjacent to an activating group) is 1. The summed E-state index contributed by atoms with van der Waals surface area (Å²) < 4.78 is 0.541. The Kier molecular flexibility index (Phi) is 5.72. The largest absolute Gasteiger partial charge is 0.305 e. The molecule has 1 unspecified atom stereocenters. The maximum absolute atomic E-state index is 11.0. The molecule has 1 atom stereocenters. The first-order chi connectivity index (χ1) is 10.0. The highest BCUT2D eigenvalue weighted by Crippen LogP contribution is 2.27. The molecule has 1 heterocycles. The van der Waals surface area contributed by atoms with Crippen LogP contribution >= 0.6 is 15.9 Å². The van der Waals surface area contributed by atoms with E-state index in [9.17, 15) is 10.1 Å². The molecule has 1 aromatic carbocycles. The maximum atomic E-state index is 11.0. The van der Waals surface area contributed by atoms with Crippen LogP contribution in [0.3, 0.4) is 0 Å². The normalized spacial score (nSPS) is 21.2. The van der Waals surface area contributed by atoms with Crippen LogP contribution < -0.4 is 0 Å². The lowest BCUT2D eigenvalue weighted by Crippen LogP contribution is -2.39. The first-order valence-corrected chi connectivity index (χ1v) is 8.16. The molecule has 5 nitrogen and oxygen atoms in total. The molecule has 1 saturated heterocycles. The van der Waals surface area contributed by atoms with E-state index in [4.69, 9.17) is 0 Å². The monoisotopic (exact) mass is 355 g/mol. The first-order valence-electron chi connectivity index (χ1n) is 7.36. The van der Waals surface area contributed by atoms with Gasteiger partial charge in [0.25, 0.3) is 5.69 Å². The van der Waals surface area contributed by atoms with Gasteiger partial charge >= 0.3 is 0 Å². The highest BCUT2D eigenvalue weighted by molar-refractivity contribution is 9.10. The van der Waals surface area contributed by atoms with Gasteiger partial charge in [0.2, 0.25) is 0 Å². The molecule has 0 spiro atoms. The quantitative estimate of drug-likeness (QED) is 0.614. The van der Waals surface area contributed by atoms with E-state index < -0.39 is 0 Å². The number of rotatable bonds is 4. The second-order valence-electron chi connectivity index (χ2n) is 5.69. The minimum absolute atomic E-state index is 0.146. The van der Waals surface area contributed by atoms with Gasteiger partial charge in [-0.1, -0.05) is 13.0 Å². The van der Waals surface area contributed by atoms with E-state index >= 15 is 0 Å². The van der Waals surface area contributed by atoms with E-state index in [0.29, 0.717) is 10.5 Å². The van der Waals surface area contributed by atoms with Gasteiger partial charge in [0.05, 0.1) is 9.40 Å². The zero-order chi connectivity index (χ0) is 15.4. The van der Waals surface area contributed by atoms with Gasteiger partial charge in [-0.2, -0.15) is 0 Å². The lowest BCUT2D eigenvalue weighted by atomic mass is 10.1. The molecule has 0 bridgehead atoms. The zero-order valence-corrected chi connectivity index (χ0v) is 14.2. The Morgan fingerprint density at radius 3 is 2.86 bits per heavy atom. The summed E-state index contributed by atoms with van der Waals surface area (Å²) >= 11 is 3.24. The average molecular weight is 356 g/mol. The predicted octanol–water partition coefficient (Wildman–Crippen LogP) is 3.27. The summed E-state index contributed by atoms with van der Waals surface area (Å²) in [7, 11) is 2.16. The van der Waals surface area contributed by atoms with Crippen LogP contribution in [0.5, 0.6) is 0 Å². The molecule has 0 saturated carbocycles. The van der Waals surface area contributed by atoms with Crippen LogP contribution in [0.15, 0.2) is 22.7 Å². The van der Waals surface area contributed by atoms with E-state index in [1.165, 1.54) is 0 Å². The highest BCUT2D eigenvalue weighted by atomic mass is 79.9. The Hall–Kier alpha value is -0.980. The molecule has 1 aliphatic heterocycles. The van der Waals surface area contributed by atoms with Crippen molar-refractivity contribution in [3.05, 3.63) is 38.3 Å². The van der Waals surface area contributed by atoms with Gasteiger partial charge < -0.3 is 4.90 Å². The van der Waals surface area contributed by atoms with Crippen LogP contribution in [-0.4, -0.2) is 47.4 Å². The second kappa shape index (κ2) is 7.33. The predicted molar refractivity (Wildman–Crippen MR) is 87.4 cm³/mol. The van der Waals surface area contributed by atoms with Crippen molar-refractivity contribution in [1.82, 2.24) is 9.80 Å². The van der Waals surface area contributed by atoms with Gasteiger partial charge in [-0.15, -0.1) is 0 Å². The van der Waals surface area contributed by atoms with Crippen molar-refractivity contribution in [1.29, 1.82) is 0 Å². The molecule has 6 heteroatoms. The number of nitro groups is 1. The Bertz CT molecular complexity index is 510. The van der Waals surface area contributed by atoms with E-state index in [2.05, 4.69) is 39.7 Å². The van der Waals surface area contributed by atoms with Crippen LogP contribution in [0.4, 0.5) is 5.69 Å². The molecule has 1 fully saturated rings. The van der Waals surface area contributed by atoms with Crippen molar-refractivity contribution in [2.45, 2.75) is 32.4 Å². The molecular weight excluding hydrogens is 334 g/mol. The number of nitro benzene ring substituents is 1. The third kappa shape index (κ3) is 4.25. The van der Waals surface area contributed by atoms with E-state index in [1.54, 1.807) is 12.1 Å². The second-order valence-corrected chi connectivity index (χ2v) is 6.55. The standard InChI is InChI=1S/C15H22BrN3O2/c1-3-13-11-17(2)7-4-8-18(13)10-12-5-6-14(16)15(9-12)19(20)21/h5-6,9,13H,3-4,7-8,10-11H2,1-2H3. The minimum Gasteiger partial charge on any atom is -0.305 e. The summed E-state index contributed by atoms with van der Waals surface area (Å²) in [5, 5.41) is 11.0. The Labute approximate surface area is 134 Å². The van der Waals surface area contributed by atoms with Crippen LogP contribution in [0, 0.1) is 10.1 Å². The van der Waals surface area contributed by atoms with Crippen molar-refractivity contribution < 1.29 is 4.92 Å². The van der Waals surface area contributed by atoms with E-state index in [1.807, 2.05) is 6.07 Å². The molecule has 21 heavy (non-hydrogen) atoms. The molecule has 1 aromatic rings. The summed E-state index contributed by atoms with van der Waals surface area (Å²) in [6.45, 7) is 6.22. The molecule has 0 aromatic heterocycles. The fourth-order valence-corrected chi connectivity index (χ4v) is 3.31. The van der Waals surface area contributed by atoms with Crippen LogP contribution in [0.2, 0.25) is 0 Å². The lowest BCUT2D eigenvalue weighted by Gasteiger charge is -2.30. The van der Waals surface area contributed by atoms with Crippen molar-refractivity contribution in [2.24, 2.45) is 0 Å². The lowest BCUT2D eigenvalue weighted by molar-refractivity contribution is -0.385. The molecular formula is C15H22BrN3O2. The van der Waals surface area contributed by atoms with Gasteiger partial charge in [0.1, 0.15) is 0 Å². The summed E-state index contributed by atoms with van der Waals surface area (Å²) in [6.07, 6.45) is 2.24. The Balaban J connectivity index is 2.15. The molecule has 0 N–H and O–H groups in total. The Morgan fingerprint density at radius 1 is 1.43 bits per heavy atom. The number of hydrogen-bond acceptors (Lipinski definition) is 4. The maximum Gasteiger partial charge on any atom is 0.283 e. The van der Waals surface area contributed by atoms with Crippen LogP contribution in [0.1, 0.15) is 25.3 Å². The SMILES string of the molecule is CCC1CN(C)CCCN1Cc1ccc(Br)c([N+](=O)[O-])c1. The summed E-state index contributed by atoms with van der Waals surface area (Å²) in [5.41, 5.74) is 1.15. The summed E-state index contributed by atoms with van der Waals surface area (Å²) in [4.78, 5) is 15.5. The van der Waals surface area contributed by atoms with Crippen molar-refractivity contribution in [2.75, 3.05) is 26.7 Å². The number of benzene rings is 1. The van der Waals surface area contributed by atoms with Gasteiger partial charge in [0.15, 0.2) is 0 Å². The smallest absolute Gasteiger partial charge is 0.283 e. The molecule has 2 rings (SSSR count). The van der Waals surface area contributed by atoms with Crippen LogP contribution in [-0.2, 0) is 6.54 Å². The molecule has 1 aliphatic rings. The Morgan fingerprint density at radius 2 is 2.19 bits per heavy atom.